The van der Waals surface area contributed by atoms with Crippen LogP contribution in [0.1, 0.15) is 50.2 Å². The van der Waals surface area contributed by atoms with Gasteiger partial charge in [-0.2, -0.15) is 0 Å². The second kappa shape index (κ2) is 14.1. The summed E-state index contributed by atoms with van der Waals surface area (Å²) in [5, 5.41) is 3.39. The van der Waals surface area contributed by atoms with Crippen LogP contribution in [0.15, 0.2) is 77.7 Å². The average molecular weight is 612 g/mol. The molecule has 8 nitrogen and oxygen atoms in total. The van der Waals surface area contributed by atoms with Crippen LogP contribution in [-0.4, -0.2) is 50.9 Å². The number of hydrogen-bond acceptors (Lipinski definition) is 5. The van der Waals surface area contributed by atoms with Crippen molar-refractivity contribution >= 4 is 39.1 Å². The number of benzene rings is 3. The van der Waals surface area contributed by atoms with Crippen molar-refractivity contribution in [2.45, 2.75) is 69.5 Å². The van der Waals surface area contributed by atoms with Crippen LogP contribution < -0.4 is 14.4 Å². The number of amides is 2. The summed E-state index contributed by atoms with van der Waals surface area (Å²) >= 11 is 6.30. The van der Waals surface area contributed by atoms with Crippen LogP contribution in [0, 0.1) is 6.92 Å². The van der Waals surface area contributed by atoms with E-state index in [0.29, 0.717) is 0 Å². The molecule has 0 aromatic heterocycles. The van der Waals surface area contributed by atoms with Gasteiger partial charge in [-0.25, -0.2) is 8.42 Å². The predicted molar refractivity (Wildman–Crippen MR) is 165 cm³/mol. The molecular formula is C32H38ClN3O5S. The SMILES string of the molecule is COc1ccc(Cl)cc1N(CC(=O)N(Cc1ccccc1)[C@H](C)C(=O)NC1CCCCC1)S(=O)(=O)c1ccc(C)cc1. The fourth-order valence-corrected chi connectivity index (χ4v) is 6.72. The zero-order valence-electron chi connectivity index (χ0n) is 24.3. The number of carbonyl (C=O) groups excluding carboxylic acids is 2. The van der Waals surface area contributed by atoms with Gasteiger partial charge in [0.05, 0.1) is 17.7 Å². The number of nitrogens with zero attached hydrogens (tertiary/aromatic N) is 2. The number of sulfonamides is 1. The van der Waals surface area contributed by atoms with Crippen molar-refractivity contribution in [2.24, 2.45) is 0 Å². The minimum Gasteiger partial charge on any atom is -0.495 e. The van der Waals surface area contributed by atoms with Crippen LogP contribution in [0.4, 0.5) is 5.69 Å². The van der Waals surface area contributed by atoms with Crippen molar-refractivity contribution in [3.8, 4) is 5.75 Å². The highest BCUT2D eigenvalue weighted by molar-refractivity contribution is 7.92. The summed E-state index contributed by atoms with van der Waals surface area (Å²) in [6, 6.07) is 19.5. The number of carbonyl (C=O) groups is 2. The van der Waals surface area contributed by atoms with E-state index in [1.165, 1.54) is 30.2 Å². The molecule has 0 radical (unpaired) electrons. The highest BCUT2D eigenvalue weighted by atomic mass is 35.5. The molecule has 10 heteroatoms. The van der Waals surface area contributed by atoms with Gasteiger partial charge >= 0.3 is 0 Å². The Morgan fingerprint density at radius 3 is 2.31 bits per heavy atom. The number of anilines is 1. The third-order valence-corrected chi connectivity index (χ3v) is 9.62. The molecule has 1 saturated carbocycles. The van der Waals surface area contributed by atoms with E-state index >= 15 is 0 Å². The van der Waals surface area contributed by atoms with E-state index in [4.69, 9.17) is 16.3 Å². The van der Waals surface area contributed by atoms with E-state index in [0.717, 1.165) is 47.5 Å². The maximum absolute atomic E-state index is 14.2. The Bertz CT molecular complexity index is 1480. The zero-order valence-corrected chi connectivity index (χ0v) is 25.8. The summed E-state index contributed by atoms with van der Waals surface area (Å²) in [4.78, 5) is 29.0. The summed E-state index contributed by atoms with van der Waals surface area (Å²) in [5.74, 6) is -0.567. The van der Waals surface area contributed by atoms with Crippen LogP contribution in [-0.2, 0) is 26.2 Å². The Kier molecular flexibility index (Phi) is 10.5. The maximum atomic E-state index is 14.2. The zero-order chi connectivity index (χ0) is 30.3. The van der Waals surface area contributed by atoms with Crippen molar-refractivity contribution in [3.63, 3.8) is 0 Å². The number of halogens is 1. The third-order valence-electron chi connectivity index (χ3n) is 7.61. The summed E-state index contributed by atoms with van der Waals surface area (Å²) in [7, 11) is -2.82. The molecule has 0 bridgehead atoms. The van der Waals surface area contributed by atoms with Gasteiger partial charge in [0.1, 0.15) is 18.3 Å². The van der Waals surface area contributed by atoms with E-state index in [1.54, 1.807) is 31.2 Å². The number of ether oxygens (including phenoxy) is 1. The third kappa shape index (κ3) is 7.63. The molecule has 1 aliphatic carbocycles. The molecule has 1 atom stereocenters. The molecule has 1 N–H and O–H groups in total. The molecule has 0 saturated heterocycles. The highest BCUT2D eigenvalue weighted by Crippen LogP contribution is 2.35. The Morgan fingerprint density at radius 1 is 1.00 bits per heavy atom. The number of hydrogen-bond donors (Lipinski definition) is 1. The second-order valence-corrected chi connectivity index (χ2v) is 13.0. The maximum Gasteiger partial charge on any atom is 0.264 e. The summed E-state index contributed by atoms with van der Waals surface area (Å²) in [6.07, 6.45) is 5.07. The van der Waals surface area contributed by atoms with Gasteiger partial charge in [0.15, 0.2) is 0 Å². The van der Waals surface area contributed by atoms with E-state index < -0.39 is 28.5 Å². The number of aryl methyl sites for hydroxylation is 1. The average Bonchev–Trinajstić information content (AvgIpc) is 2.99. The lowest BCUT2D eigenvalue weighted by molar-refractivity contribution is -0.139. The first-order chi connectivity index (χ1) is 20.1. The van der Waals surface area contributed by atoms with Crippen molar-refractivity contribution < 1.29 is 22.7 Å². The first-order valence-electron chi connectivity index (χ1n) is 14.2. The quantitative estimate of drug-likeness (QED) is 0.299. The highest BCUT2D eigenvalue weighted by Gasteiger charge is 2.34. The summed E-state index contributed by atoms with van der Waals surface area (Å²) in [5.41, 5.74) is 1.83. The minimum absolute atomic E-state index is 0.0145. The Balaban J connectivity index is 1.71. The molecule has 224 valence electrons. The lowest BCUT2D eigenvalue weighted by atomic mass is 9.95. The van der Waals surface area contributed by atoms with Gasteiger partial charge in [-0.15, -0.1) is 0 Å². The topological polar surface area (TPSA) is 96.0 Å². The van der Waals surface area contributed by atoms with E-state index in [-0.39, 0.29) is 39.8 Å². The molecule has 0 aliphatic heterocycles. The summed E-state index contributed by atoms with van der Waals surface area (Å²) < 4.78 is 34.7. The van der Waals surface area contributed by atoms with Crippen molar-refractivity contribution in [1.29, 1.82) is 0 Å². The fraction of sp³-hybridized carbons (Fsp3) is 0.375. The molecule has 1 fully saturated rings. The van der Waals surface area contributed by atoms with Crippen molar-refractivity contribution in [3.05, 3.63) is 88.9 Å². The molecule has 3 aromatic rings. The fourth-order valence-electron chi connectivity index (χ4n) is 5.14. The van der Waals surface area contributed by atoms with E-state index in [1.807, 2.05) is 37.3 Å². The second-order valence-electron chi connectivity index (χ2n) is 10.7. The van der Waals surface area contributed by atoms with Gasteiger partial charge < -0.3 is 15.0 Å². The number of methoxy groups -OCH3 is 1. The standard InChI is InChI=1S/C32H38ClN3O5S/c1-23-14-17-28(18-15-23)42(39,40)36(29-20-26(33)16-19-30(29)41-3)22-31(37)35(21-25-10-6-4-7-11-25)24(2)32(38)34-27-12-8-5-9-13-27/h4,6-7,10-11,14-20,24,27H,5,8-9,12-13,21-22H2,1-3H3,(H,34,38)/t24-/m1/s1. The normalized spacial score (nSPS) is 14.6. The Hall–Kier alpha value is -3.56. The monoisotopic (exact) mass is 611 g/mol. The predicted octanol–water partition coefficient (Wildman–Crippen LogP) is 5.72. The molecule has 1 aliphatic rings. The van der Waals surface area contributed by atoms with Crippen molar-refractivity contribution in [1.82, 2.24) is 10.2 Å². The smallest absolute Gasteiger partial charge is 0.264 e. The van der Waals surface area contributed by atoms with E-state index in [9.17, 15) is 18.0 Å². The van der Waals surface area contributed by atoms with E-state index in [2.05, 4.69) is 5.32 Å². The molecule has 3 aromatic carbocycles. The van der Waals surface area contributed by atoms with Gasteiger partial charge in [0.25, 0.3) is 10.0 Å². The van der Waals surface area contributed by atoms with Crippen LogP contribution in [0.3, 0.4) is 0 Å². The number of rotatable bonds is 11. The molecule has 4 rings (SSSR count). The van der Waals surface area contributed by atoms with Crippen LogP contribution in [0.5, 0.6) is 5.75 Å². The van der Waals surface area contributed by atoms with Crippen LogP contribution in [0.25, 0.3) is 0 Å². The molecule has 0 unspecified atom stereocenters. The first kappa shape index (κ1) is 31.4. The van der Waals surface area contributed by atoms with Gasteiger partial charge in [0.2, 0.25) is 11.8 Å². The lowest BCUT2D eigenvalue weighted by Gasteiger charge is -2.33. The van der Waals surface area contributed by atoms with Crippen LogP contribution >= 0.6 is 11.6 Å². The molecule has 2 amide bonds. The minimum atomic E-state index is -4.24. The summed E-state index contributed by atoms with van der Waals surface area (Å²) in [6.45, 7) is 3.10. The van der Waals surface area contributed by atoms with Gasteiger partial charge in [-0.3, -0.25) is 13.9 Å². The molecule has 42 heavy (non-hydrogen) atoms. The Morgan fingerprint density at radius 2 is 1.67 bits per heavy atom. The Labute approximate surface area is 253 Å². The van der Waals surface area contributed by atoms with Gasteiger partial charge in [0, 0.05) is 17.6 Å². The van der Waals surface area contributed by atoms with Crippen LogP contribution in [0.2, 0.25) is 5.02 Å². The largest absolute Gasteiger partial charge is 0.495 e. The van der Waals surface area contributed by atoms with Crippen molar-refractivity contribution in [2.75, 3.05) is 18.0 Å². The lowest BCUT2D eigenvalue weighted by Crippen LogP contribution is -2.53. The molecule has 0 heterocycles. The number of nitrogens with one attached hydrogen (secondary N) is 1. The van der Waals surface area contributed by atoms with Gasteiger partial charge in [-0.1, -0.05) is 78.9 Å². The molecular weight excluding hydrogens is 574 g/mol. The van der Waals surface area contributed by atoms with Gasteiger partial charge in [-0.05, 0) is 62.6 Å². The first-order valence-corrected chi connectivity index (χ1v) is 16.0. The molecule has 0 spiro atoms.